The average Bonchev–Trinajstić information content (AvgIpc) is 2.84. The molecule has 0 N–H and O–H groups in total. The third kappa shape index (κ3) is 2.67. The molecule has 1 aromatic carbocycles. The highest BCUT2D eigenvalue weighted by atomic mass is 16.5. The van der Waals surface area contributed by atoms with Crippen LogP contribution < -0.4 is 0 Å². The lowest BCUT2D eigenvalue weighted by atomic mass is 9.98. The standard InChI is InChI=1S/C15H18N2O2/c1-4-5-11-10-12(15(18)19-3)6-7-13(11)14-8-9-16-17(14)2/h6-10H,4-5H2,1-3H3. The highest BCUT2D eigenvalue weighted by Crippen LogP contribution is 2.25. The number of ether oxygens (including phenoxy) is 1. The Morgan fingerprint density at radius 1 is 1.37 bits per heavy atom. The van der Waals surface area contributed by atoms with E-state index in [9.17, 15) is 4.79 Å². The van der Waals surface area contributed by atoms with Crippen molar-refractivity contribution in [1.82, 2.24) is 9.78 Å². The molecule has 0 saturated carbocycles. The summed E-state index contributed by atoms with van der Waals surface area (Å²) in [6.07, 6.45) is 3.72. The largest absolute Gasteiger partial charge is 0.465 e. The second-order valence-corrected chi connectivity index (χ2v) is 4.45. The highest BCUT2D eigenvalue weighted by Gasteiger charge is 2.12. The first-order valence-electron chi connectivity index (χ1n) is 6.37. The first-order chi connectivity index (χ1) is 9.17. The number of carbonyl (C=O) groups excluding carboxylic acids is 1. The van der Waals surface area contributed by atoms with Crippen molar-refractivity contribution in [2.45, 2.75) is 19.8 Å². The minimum Gasteiger partial charge on any atom is -0.465 e. The van der Waals surface area contributed by atoms with Crippen LogP contribution in [0, 0.1) is 0 Å². The molecular weight excluding hydrogens is 240 g/mol. The highest BCUT2D eigenvalue weighted by molar-refractivity contribution is 5.90. The number of hydrogen-bond acceptors (Lipinski definition) is 3. The van der Waals surface area contributed by atoms with Crippen molar-refractivity contribution in [2.24, 2.45) is 7.05 Å². The van der Waals surface area contributed by atoms with E-state index in [0.29, 0.717) is 5.56 Å². The van der Waals surface area contributed by atoms with Gasteiger partial charge in [-0.25, -0.2) is 4.79 Å². The molecule has 2 aromatic rings. The molecule has 0 saturated heterocycles. The molecule has 0 aliphatic rings. The summed E-state index contributed by atoms with van der Waals surface area (Å²) < 4.78 is 6.61. The summed E-state index contributed by atoms with van der Waals surface area (Å²) in [6.45, 7) is 2.12. The number of aromatic nitrogens is 2. The number of aryl methyl sites for hydroxylation is 2. The molecule has 4 nitrogen and oxygen atoms in total. The van der Waals surface area contributed by atoms with Gasteiger partial charge in [0.1, 0.15) is 0 Å². The third-order valence-corrected chi connectivity index (χ3v) is 3.14. The van der Waals surface area contributed by atoms with Gasteiger partial charge in [-0.2, -0.15) is 5.10 Å². The maximum absolute atomic E-state index is 11.6. The molecule has 2 rings (SSSR count). The van der Waals surface area contributed by atoms with Crippen molar-refractivity contribution in [3.05, 3.63) is 41.6 Å². The molecule has 1 aromatic heterocycles. The zero-order valence-corrected chi connectivity index (χ0v) is 11.5. The van der Waals surface area contributed by atoms with Crippen LogP contribution in [0.25, 0.3) is 11.3 Å². The van der Waals surface area contributed by atoms with E-state index >= 15 is 0 Å². The van der Waals surface area contributed by atoms with Gasteiger partial charge in [0, 0.05) is 18.8 Å². The molecule has 0 aliphatic heterocycles. The Labute approximate surface area is 113 Å². The summed E-state index contributed by atoms with van der Waals surface area (Å²) in [4.78, 5) is 11.6. The Kier molecular flexibility index (Phi) is 4.00. The third-order valence-electron chi connectivity index (χ3n) is 3.14. The Balaban J connectivity index is 2.50. The van der Waals surface area contributed by atoms with E-state index in [1.165, 1.54) is 7.11 Å². The molecule has 0 fully saturated rings. The lowest BCUT2D eigenvalue weighted by Gasteiger charge is -2.11. The number of hydrogen-bond donors (Lipinski definition) is 0. The van der Waals surface area contributed by atoms with E-state index in [1.54, 1.807) is 12.3 Å². The fourth-order valence-electron chi connectivity index (χ4n) is 2.20. The Morgan fingerprint density at radius 2 is 2.16 bits per heavy atom. The molecule has 0 amide bonds. The van der Waals surface area contributed by atoms with E-state index in [-0.39, 0.29) is 5.97 Å². The maximum Gasteiger partial charge on any atom is 0.337 e. The summed E-state index contributed by atoms with van der Waals surface area (Å²) in [5.74, 6) is -0.297. The minimum absolute atomic E-state index is 0.297. The molecule has 0 aliphatic carbocycles. The van der Waals surface area contributed by atoms with E-state index in [1.807, 2.05) is 29.9 Å². The molecule has 0 atom stereocenters. The van der Waals surface area contributed by atoms with Crippen molar-refractivity contribution in [3.63, 3.8) is 0 Å². The number of esters is 1. The summed E-state index contributed by atoms with van der Waals surface area (Å²) in [5.41, 5.74) is 3.92. The van der Waals surface area contributed by atoms with E-state index in [4.69, 9.17) is 4.74 Å². The molecule has 1 heterocycles. The molecule has 4 heteroatoms. The lowest BCUT2D eigenvalue weighted by molar-refractivity contribution is 0.0600. The molecular formula is C15H18N2O2. The number of methoxy groups -OCH3 is 1. The summed E-state index contributed by atoms with van der Waals surface area (Å²) in [5, 5.41) is 4.19. The van der Waals surface area contributed by atoms with Crippen LogP contribution in [0.1, 0.15) is 29.3 Å². The zero-order valence-electron chi connectivity index (χ0n) is 11.5. The Bertz CT molecular complexity index is 588. The first-order valence-corrected chi connectivity index (χ1v) is 6.37. The van der Waals surface area contributed by atoms with Gasteiger partial charge in [-0.3, -0.25) is 4.68 Å². The van der Waals surface area contributed by atoms with E-state index < -0.39 is 0 Å². The topological polar surface area (TPSA) is 44.1 Å². The van der Waals surface area contributed by atoms with Gasteiger partial charge in [0.2, 0.25) is 0 Å². The van der Waals surface area contributed by atoms with Gasteiger partial charge >= 0.3 is 5.97 Å². The van der Waals surface area contributed by atoms with Crippen molar-refractivity contribution >= 4 is 5.97 Å². The maximum atomic E-state index is 11.6. The smallest absolute Gasteiger partial charge is 0.337 e. The van der Waals surface area contributed by atoms with Gasteiger partial charge in [-0.1, -0.05) is 19.4 Å². The fourth-order valence-corrected chi connectivity index (χ4v) is 2.20. The van der Waals surface area contributed by atoms with Crippen molar-refractivity contribution in [2.75, 3.05) is 7.11 Å². The van der Waals surface area contributed by atoms with Crippen LogP contribution in [0.2, 0.25) is 0 Å². The molecule has 19 heavy (non-hydrogen) atoms. The lowest BCUT2D eigenvalue weighted by Crippen LogP contribution is -2.04. The van der Waals surface area contributed by atoms with Crippen LogP contribution in [0.15, 0.2) is 30.5 Å². The van der Waals surface area contributed by atoms with Crippen LogP contribution in [0.4, 0.5) is 0 Å². The van der Waals surface area contributed by atoms with Crippen LogP contribution in [-0.2, 0) is 18.2 Å². The Morgan fingerprint density at radius 3 is 2.74 bits per heavy atom. The quantitative estimate of drug-likeness (QED) is 0.792. The van der Waals surface area contributed by atoms with Crippen molar-refractivity contribution < 1.29 is 9.53 Å². The molecule has 0 bridgehead atoms. The predicted molar refractivity (Wildman–Crippen MR) is 74.0 cm³/mol. The normalized spacial score (nSPS) is 10.5. The zero-order chi connectivity index (χ0) is 13.8. The van der Waals surface area contributed by atoms with Gasteiger partial charge < -0.3 is 4.74 Å². The van der Waals surface area contributed by atoms with Gasteiger partial charge in [0.25, 0.3) is 0 Å². The SMILES string of the molecule is CCCc1cc(C(=O)OC)ccc1-c1ccnn1C. The average molecular weight is 258 g/mol. The van der Waals surface area contributed by atoms with Crippen LogP contribution >= 0.6 is 0 Å². The second kappa shape index (κ2) is 5.69. The number of rotatable bonds is 4. The van der Waals surface area contributed by atoms with Crippen molar-refractivity contribution in [3.8, 4) is 11.3 Å². The number of carbonyl (C=O) groups is 1. The van der Waals surface area contributed by atoms with Crippen LogP contribution in [0.3, 0.4) is 0 Å². The van der Waals surface area contributed by atoms with Crippen LogP contribution in [0.5, 0.6) is 0 Å². The number of benzene rings is 1. The molecule has 100 valence electrons. The van der Waals surface area contributed by atoms with Crippen LogP contribution in [-0.4, -0.2) is 22.9 Å². The molecule has 0 spiro atoms. The fraction of sp³-hybridized carbons (Fsp3) is 0.333. The van der Waals surface area contributed by atoms with Gasteiger partial charge in [-0.05, 0) is 30.2 Å². The summed E-state index contributed by atoms with van der Waals surface area (Å²) >= 11 is 0. The summed E-state index contributed by atoms with van der Waals surface area (Å²) in [7, 11) is 3.32. The van der Waals surface area contributed by atoms with E-state index in [0.717, 1.165) is 29.7 Å². The second-order valence-electron chi connectivity index (χ2n) is 4.45. The van der Waals surface area contributed by atoms with Crippen molar-refractivity contribution in [1.29, 1.82) is 0 Å². The Hall–Kier alpha value is -2.10. The van der Waals surface area contributed by atoms with Gasteiger partial charge in [-0.15, -0.1) is 0 Å². The molecule has 0 unspecified atom stereocenters. The summed E-state index contributed by atoms with van der Waals surface area (Å²) in [6, 6.07) is 7.66. The predicted octanol–water partition coefficient (Wildman–Crippen LogP) is 2.83. The van der Waals surface area contributed by atoms with Gasteiger partial charge in [0.05, 0.1) is 18.4 Å². The minimum atomic E-state index is -0.297. The van der Waals surface area contributed by atoms with E-state index in [2.05, 4.69) is 12.0 Å². The first kappa shape index (κ1) is 13.3. The molecule has 0 radical (unpaired) electrons. The number of nitrogens with zero attached hydrogens (tertiary/aromatic N) is 2. The monoisotopic (exact) mass is 258 g/mol. The van der Waals surface area contributed by atoms with Gasteiger partial charge in [0.15, 0.2) is 0 Å².